The summed E-state index contributed by atoms with van der Waals surface area (Å²) in [6.45, 7) is 3.68. The minimum atomic E-state index is -0.0955. The van der Waals surface area contributed by atoms with E-state index in [0.717, 1.165) is 41.8 Å². The molecule has 1 amide bonds. The number of amides is 1. The molecule has 0 bridgehead atoms. The Morgan fingerprint density at radius 3 is 2.66 bits per heavy atom. The average molecular weight is 452 g/mol. The first-order valence-corrected chi connectivity index (χ1v) is 11.4. The van der Waals surface area contributed by atoms with Gasteiger partial charge in [0, 0.05) is 49.5 Å². The fourth-order valence-corrected chi connectivity index (χ4v) is 4.34. The number of aryl methyl sites for hydroxylation is 1. The second kappa shape index (κ2) is 8.13. The van der Waals surface area contributed by atoms with E-state index in [1.54, 1.807) is 28.6 Å². The van der Waals surface area contributed by atoms with Gasteiger partial charge in [-0.15, -0.1) is 0 Å². The van der Waals surface area contributed by atoms with E-state index in [1.165, 1.54) is 19.0 Å². The topological polar surface area (TPSA) is 79.3 Å². The maximum absolute atomic E-state index is 12.8. The Bertz CT molecular complexity index is 1260. The van der Waals surface area contributed by atoms with Crippen LogP contribution in [0.4, 0.5) is 17.1 Å². The lowest BCUT2D eigenvalue weighted by molar-refractivity contribution is 0.0646. The fraction of sp³-hybridized carbons (Fsp3) is 0.375. The molecule has 2 aromatic heterocycles. The SMILES string of the molecule is C[C@@H](Nc1cc(=O)n(C)c2c(Nc3cc(C(=O)N4CCC4)ncc3Cl)cccc12)C1CC1. The van der Waals surface area contributed by atoms with Gasteiger partial charge in [0.1, 0.15) is 5.69 Å². The summed E-state index contributed by atoms with van der Waals surface area (Å²) in [6.07, 6.45) is 4.96. The van der Waals surface area contributed by atoms with Gasteiger partial charge in [-0.1, -0.05) is 23.7 Å². The van der Waals surface area contributed by atoms with Gasteiger partial charge in [0.05, 0.1) is 21.9 Å². The van der Waals surface area contributed by atoms with Gasteiger partial charge in [0.2, 0.25) is 0 Å². The second-order valence-corrected chi connectivity index (χ2v) is 9.15. The molecule has 3 heterocycles. The predicted molar refractivity (Wildman–Crippen MR) is 128 cm³/mol. The highest BCUT2D eigenvalue weighted by Crippen LogP contribution is 2.36. The summed E-state index contributed by atoms with van der Waals surface area (Å²) in [4.78, 5) is 31.3. The van der Waals surface area contributed by atoms with E-state index in [-0.39, 0.29) is 11.5 Å². The van der Waals surface area contributed by atoms with Crippen LogP contribution < -0.4 is 16.2 Å². The molecule has 1 aliphatic heterocycles. The third-order valence-electron chi connectivity index (χ3n) is 6.46. The van der Waals surface area contributed by atoms with Crippen molar-refractivity contribution < 1.29 is 4.79 Å². The first kappa shape index (κ1) is 20.8. The molecule has 0 spiro atoms. The number of hydrogen-bond acceptors (Lipinski definition) is 5. The normalized spacial score (nSPS) is 16.5. The smallest absolute Gasteiger partial charge is 0.272 e. The summed E-state index contributed by atoms with van der Waals surface area (Å²) < 4.78 is 1.63. The maximum atomic E-state index is 12.8. The lowest BCUT2D eigenvalue weighted by Gasteiger charge is -2.30. The summed E-state index contributed by atoms with van der Waals surface area (Å²) in [5, 5.41) is 8.24. The highest BCUT2D eigenvalue weighted by molar-refractivity contribution is 6.33. The molecule has 166 valence electrons. The Kier molecular flexibility index (Phi) is 5.29. The van der Waals surface area contributed by atoms with Gasteiger partial charge in [0.25, 0.3) is 11.5 Å². The zero-order valence-corrected chi connectivity index (χ0v) is 18.9. The van der Waals surface area contributed by atoms with Crippen LogP contribution in [0.5, 0.6) is 0 Å². The molecule has 5 rings (SSSR count). The van der Waals surface area contributed by atoms with Crippen molar-refractivity contribution in [1.29, 1.82) is 0 Å². The minimum absolute atomic E-state index is 0.0910. The quantitative estimate of drug-likeness (QED) is 0.581. The molecule has 2 N–H and O–H groups in total. The molecule has 2 aliphatic rings. The molecular weight excluding hydrogens is 426 g/mol. The van der Waals surface area contributed by atoms with Crippen molar-refractivity contribution >= 4 is 45.5 Å². The number of fused-ring (bicyclic) bond motifs is 1. The first-order chi connectivity index (χ1) is 15.4. The molecule has 7 nitrogen and oxygen atoms in total. The standard InChI is InChI=1S/C24H26ClN5O2/c1-14(15-7-8-15)27-19-12-22(31)29(2)23-16(19)5-3-6-18(23)28-20-11-21(26-13-17(20)25)24(32)30-9-4-10-30/h3,5-6,11-15,27H,4,7-10H2,1-2H3,(H,26,28)/t14-/m1/s1. The van der Waals surface area contributed by atoms with Crippen LogP contribution in [0.25, 0.3) is 10.9 Å². The Morgan fingerprint density at radius 2 is 1.97 bits per heavy atom. The lowest BCUT2D eigenvalue weighted by atomic mass is 10.1. The van der Waals surface area contributed by atoms with Crippen molar-refractivity contribution in [3.63, 3.8) is 0 Å². The number of carbonyl (C=O) groups is 1. The van der Waals surface area contributed by atoms with E-state index in [4.69, 9.17) is 11.6 Å². The lowest BCUT2D eigenvalue weighted by Crippen LogP contribution is -2.42. The number of nitrogens with one attached hydrogen (secondary N) is 2. The molecule has 1 aromatic carbocycles. The monoisotopic (exact) mass is 451 g/mol. The zero-order valence-electron chi connectivity index (χ0n) is 18.2. The first-order valence-electron chi connectivity index (χ1n) is 11.0. The van der Waals surface area contributed by atoms with Crippen molar-refractivity contribution in [2.24, 2.45) is 13.0 Å². The maximum Gasteiger partial charge on any atom is 0.272 e. The number of para-hydroxylation sites is 1. The number of pyridine rings is 2. The molecule has 1 saturated heterocycles. The summed E-state index contributed by atoms with van der Waals surface area (Å²) in [5.41, 5.74) is 3.18. The number of carbonyl (C=O) groups excluding carboxylic acids is 1. The van der Waals surface area contributed by atoms with E-state index >= 15 is 0 Å². The molecule has 1 aliphatic carbocycles. The van der Waals surface area contributed by atoms with Crippen molar-refractivity contribution in [2.75, 3.05) is 23.7 Å². The van der Waals surface area contributed by atoms with Crippen molar-refractivity contribution in [1.82, 2.24) is 14.5 Å². The Morgan fingerprint density at radius 1 is 1.19 bits per heavy atom. The van der Waals surface area contributed by atoms with Gasteiger partial charge in [0.15, 0.2) is 0 Å². The molecule has 32 heavy (non-hydrogen) atoms. The number of anilines is 3. The fourth-order valence-electron chi connectivity index (χ4n) is 4.19. The highest BCUT2D eigenvalue weighted by atomic mass is 35.5. The van der Waals surface area contributed by atoms with E-state index in [9.17, 15) is 9.59 Å². The molecule has 1 saturated carbocycles. The Hall–Kier alpha value is -3.06. The van der Waals surface area contributed by atoms with Crippen LogP contribution in [-0.2, 0) is 7.05 Å². The van der Waals surface area contributed by atoms with Crippen LogP contribution in [0.15, 0.2) is 41.3 Å². The Labute approximate surface area is 191 Å². The van der Waals surface area contributed by atoms with Gasteiger partial charge >= 0.3 is 0 Å². The van der Waals surface area contributed by atoms with E-state index < -0.39 is 0 Å². The molecular formula is C24H26ClN5O2. The molecule has 3 aromatic rings. The van der Waals surface area contributed by atoms with Crippen molar-refractivity contribution in [2.45, 2.75) is 32.2 Å². The van der Waals surface area contributed by atoms with E-state index in [1.807, 2.05) is 18.2 Å². The number of halogens is 1. The van der Waals surface area contributed by atoms with Crippen LogP contribution in [-0.4, -0.2) is 39.5 Å². The number of likely N-dealkylation sites (tertiary alicyclic amines) is 1. The predicted octanol–water partition coefficient (Wildman–Crippen LogP) is 4.39. The van der Waals surface area contributed by atoms with E-state index in [0.29, 0.717) is 28.4 Å². The van der Waals surface area contributed by atoms with Crippen LogP contribution in [0.2, 0.25) is 5.02 Å². The third kappa shape index (κ3) is 3.81. The van der Waals surface area contributed by atoms with Crippen LogP contribution in [0, 0.1) is 5.92 Å². The molecule has 0 unspecified atom stereocenters. The number of benzene rings is 1. The number of hydrogen-bond donors (Lipinski definition) is 2. The number of nitrogens with zero attached hydrogens (tertiary/aromatic N) is 3. The molecule has 8 heteroatoms. The second-order valence-electron chi connectivity index (χ2n) is 8.75. The van der Waals surface area contributed by atoms with Crippen LogP contribution >= 0.6 is 11.6 Å². The van der Waals surface area contributed by atoms with Crippen LogP contribution in [0.3, 0.4) is 0 Å². The average Bonchev–Trinajstić information content (AvgIpc) is 3.57. The summed E-state index contributed by atoms with van der Waals surface area (Å²) in [7, 11) is 1.76. The summed E-state index contributed by atoms with van der Waals surface area (Å²) >= 11 is 6.41. The molecule has 0 radical (unpaired) electrons. The van der Waals surface area contributed by atoms with Gasteiger partial charge in [-0.2, -0.15) is 0 Å². The van der Waals surface area contributed by atoms with E-state index in [2.05, 4.69) is 22.5 Å². The highest BCUT2D eigenvalue weighted by Gasteiger charge is 2.28. The van der Waals surface area contributed by atoms with Gasteiger partial charge < -0.3 is 20.1 Å². The minimum Gasteiger partial charge on any atom is -0.382 e. The largest absolute Gasteiger partial charge is 0.382 e. The van der Waals surface area contributed by atoms with Crippen molar-refractivity contribution in [3.8, 4) is 0 Å². The Balaban J connectivity index is 1.54. The van der Waals surface area contributed by atoms with Gasteiger partial charge in [-0.3, -0.25) is 9.59 Å². The molecule has 1 atom stereocenters. The molecule has 2 fully saturated rings. The summed E-state index contributed by atoms with van der Waals surface area (Å²) in [5.74, 6) is 0.565. The number of aromatic nitrogens is 2. The van der Waals surface area contributed by atoms with Crippen LogP contribution in [0.1, 0.15) is 36.7 Å². The van der Waals surface area contributed by atoms with Gasteiger partial charge in [-0.25, -0.2) is 4.98 Å². The number of rotatable bonds is 6. The van der Waals surface area contributed by atoms with Crippen molar-refractivity contribution in [3.05, 3.63) is 57.6 Å². The summed E-state index contributed by atoms with van der Waals surface area (Å²) in [6, 6.07) is 9.51. The third-order valence-corrected chi connectivity index (χ3v) is 6.76. The zero-order chi connectivity index (χ0) is 22.4. The van der Waals surface area contributed by atoms with Gasteiger partial charge in [-0.05, 0) is 44.2 Å².